The first-order valence-electron chi connectivity index (χ1n) is 5.41. The molecule has 0 aliphatic heterocycles. The molecule has 82 valence electrons. The fraction of sp³-hybridized carbons (Fsp3) is 0.909. The lowest BCUT2D eigenvalue weighted by Gasteiger charge is -2.24. The van der Waals surface area contributed by atoms with E-state index in [4.69, 9.17) is 0 Å². The average Bonchev–Trinajstić information content (AvgIpc) is 2.53. The van der Waals surface area contributed by atoms with Gasteiger partial charge < -0.3 is 5.32 Å². The van der Waals surface area contributed by atoms with Crippen molar-refractivity contribution in [2.45, 2.75) is 56.8 Å². The van der Waals surface area contributed by atoms with Crippen LogP contribution in [0.3, 0.4) is 0 Å². The standard InChI is InChI=1S/C11H20BrNO/c1-8(9-6-4-5-7-9)13-10(14)11(2,3)12/h8-9H,4-7H2,1-3H3,(H,13,14)/t8-/m1/s1. The molecule has 0 saturated heterocycles. The van der Waals surface area contributed by atoms with Crippen LogP contribution in [0, 0.1) is 5.92 Å². The average molecular weight is 262 g/mol. The molecule has 0 radical (unpaired) electrons. The fourth-order valence-corrected chi connectivity index (χ4v) is 2.07. The highest BCUT2D eigenvalue weighted by molar-refractivity contribution is 9.10. The number of nitrogens with one attached hydrogen (secondary N) is 1. The number of carbonyl (C=O) groups is 1. The van der Waals surface area contributed by atoms with Crippen LogP contribution >= 0.6 is 15.9 Å². The first-order valence-corrected chi connectivity index (χ1v) is 6.20. The van der Waals surface area contributed by atoms with Gasteiger partial charge in [-0.25, -0.2) is 0 Å². The zero-order valence-electron chi connectivity index (χ0n) is 9.27. The van der Waals surface area contributed by atoms with Crippen LogP contribution in [0.2, 0.25) is 0 Å². The fourth-order valence-electron chi connectivity index (χ4n) is 1.95. The molecule has 1 fully saturated rings. The van der Waals surface area contributed by atoms with Gasteiger partial charge in [-0.3, -0.25) is 4.79 Å². The molecule has 1 rings (SSSR count). The van der Waals surface area contributed by atoms with Crippen molar-refractivity contribution in [3.05, 3.63) is 0 Å². The van der Waals surface area contributed by atoms with Gasteiger partial charge in [-0.2, -0.15) is 0 Å². The Morgan fingerprint density at radius 1 is 1.43 bits per heavy atom. The SMILES string of the molecule is C[C@@H](NC(=O)C(C)(C)Br)C1CCCC1. The summed E-state index contributed by atoms with van der Waals surface area (Å²) >= 11 is 3.37. The van der Waals surface area contributed by atoms with Crippen molar-refractivity contribution >= 4 is 21.8 Å². The zero-order valence-corrected chi connectivity index (χ0v) is 10.9. The summed E-state index contributed by atoms with van der Waals surface area (Å²) in [5, 5.41) is 3.08. The summed E-state index contributed by atoms with van der Waals surface area (Å²) in [7, 11) is 0. The van der Waals surface area contributed by atoms with Crippen LogP contribution < -0.4 is 5.32 Å². The van der Waals surface area contributed by atoms with Crippen molar-refractivity contribution in [2.24, 2.45) is 5.92 Å². The van der Waals surface area contributed by atoms with Crippen molar-refractivity contribution in [1.82, 2.24) is 5.32 Å². The minimum atomic E-state index is -0.445. The molecule has 0 heterocycles. The Bertz CT molecular complexity index is 204. The van der Waals surface area contributed by atoms with E-state index in [0.717, 1.165) is 0 Å². The summed E-state index contributed by atoms with van der Waals surface area (Å²) in [5.74, 6) is 0.783. The van der Waals surface area contributed by atoms with Gasteiger partial charge in [0.15, 0.2) is 0 Å². The van der Waals surface area contributed by atoms with Crippen molar-refractivity contribution in [2.75, 3.05) is 0 Å². The Kier molecular flexibility index (Phi) is 3.99. The van der Waals surface area contributed by atoms with Gasteiger partial charge >= 0.3 is 0 Å². The van der Waals surface area contributed by atoms with E-state index in [1.54, 1.807) is 0 Å². The Morgan fingerprint density at radius 3 is 2.36 bits per heavy atom. The van der Waals surface area contributed by atoms with Gasteiger partial charge in [0, 0.05) is 6.04 Å². The smallest absolute Gasteiger partial charge is 0.236 e. The van der Waals surface area contributed by atoms with Crippen LogP contribution in [-0.2, 0) is 4.79 Å². The normalized spacial score (nSPS) is 20.9. The van der Waals surface area contributed by atoms with Crippen molar-refractivity contribution < 1.29 is 4.79 Å². The Hall–Kier alpha value is -0.0500. The van der Waals surface area contributed by atoms with Crippen molar-refractivity contribution in [3.63, 3.8) is 0 Å². The largest absolute Gasteiger partial charge is 0.352 e. The monoisotopic (exact) mass is 261 g/mol. The molecule has 1 amide bonds. The van der Waals surface area contributed by atoms with Crippen LogP contribution in [0.1, 0.15) is 46.5 Å². The number of hydrogen-bond acceptors (Lipinski definition) is 1. The topological polar surface area (TPSA) is 29.1 Å². The lowest BCUT2D eigenvalue weighted by Crippen LogP contribution is -2.44. The van der Waals surface area contributed by atoms with E-state index in [1.165, 1.54) is 25.7 Å². The summed E-state index contributed by atoms with van der Waals surface area (Å²) in [4.78, 5) is 11.7. The molecule has 1 N–H and O–H groups in total. The second kappa shape index (κ2) is 4.65. The Balaban J connectivity index is 2.39. The third-order valence-electron chi connectivity index (χ3n) is 3.01. The minimum Gasteiger partial charge on any atom is -0.352 e. The Morgan fingerprint density at radius 2 is 1.93 bits per heavy atom. The van der Waals surface area contributed by atoms with Gasteiger partial charge in [0.1, 0.15) is 0 Å². The van der Waals surface area contributed by atoms with Crippen LogP contribution in [0.4, 0.5) is 0 Å². The number of rotatable bonds is 3. The summed E-state index contributed by atoms with van der Waals surface area (Å²) < 4.78 is -0.445. The molecule has 1 saturated carbocycles. The number of alkyl halides is 1. The van der Waals surface area contributed by atoms with E-state index >= 15 is 0 Å². The van der Waals surface area contributed by atoms with E-state index in [1.807, 2.05) is 13.8 Å². The van der Waals surface area contributed by atoms with Gasteiger partial charge in [0.05, 0.1) is 4.32 Å². The van der Waals surface area contributed by atoms with Gasteiger partial charge in [-0.05, 0) is 39.5 Å². The van der Waals surface area contributed by atoms with E-state index < -0.39 is 4.32 Å². The third-order valence-corrected chi connectivity index (χ3v) is 3.37. The molecule has 0 unspecified atom stereocenters. The maximum absolute atomic E-state index is 11.7. The first kappa shape index (κ1) is 12.0. The van der Waals surface area contributed by atoms with E-state index in [0.29, 0.717) is 12.0 Å². The maximum Gasteiger partial charge on any atom is 0.236 e. The van der Waals surface area contributed by atoms with Crippen LogP contribution in [0.5, 0.6) is 0 Å². The van der Waals surface area contributed by atoms with Gasteiger partial charge in [-0.1, -0.05) is 28.8 Å². The molecule has 14 heavy (non-hydrogen) atoms. The third kappa shape index (κ3) is 3.26. The molecule has 2 nitrogen and oxygen atoms in total. The second-order valence-electron chi connectivity index (χ2n) is 4.78. The molecule has 0 spiro atoms. The quantitative estimate of drug-likeness (QED) is 0.778. The number of hydrogen-bond donors (Lipinski definition) is 1. The number of carbonyl (C=O) groups excluding carboxylic acids is 1. The molecule has 1 atom stereocenters. The van der Waals surface area contributed by atoms with Crippen LogP contribution in [0.25, 0.3) is 0 Å². The molecular formula is C11H20BrNO. The van der Waals surface area contributed by atoms with E-state index in [9.17, 15) is 4.79 Å². The summed E-state index contributed by atoms with van der Waals surface area (Å²) in [6.45, 7) is 5.88. The molecule has 1 aliphatic rings. The molecule has 0 bridgehead atoms. The predicted molar refractivity (Wildman–Crippen MR) is 62.6 cm³/mol. The summed E-state index contributed by atoms with van der Waals surface area (Å²) in [6.07, 6.45) is 5.18. The van der Waals surface area contributed by atoms with Gasteiger partial charge in [0.25, 0.3) is 0 Å². The molecular weight excluding hydrogens is 242 g/mol. The molecule has 1 aliphatic carbocycles. The van der Waals surface area contributed by atoms with Crippen molar-refractivity contribution in [3.8, 4) is 0 Å². The first-order chi connectivity index (χ1) is 6.41. The van der Waals surface area contributed by atoms with E-state index in [2.05, 4.69) is 28.2 Å². The Labute approximate surface area is 95.0 Å². The minimum absolute atomic E-state index is 0.0944. The highest BCUT2D eigenvalue weighted by Crippen LogP contribution is 2.28. The summed E-state index contributed by atoms with van der Waals surface area (Å²) in [6, 6.07) is 0.321. The zero-order chi connectivity index (χ0) is 10.8. The predicted octanol–water partition coefficient (Wildman–Crippen LogP) is 2.85. The lowest BCUT2D eigenvalue weighted by atomic mass is 9.99. The van der Waals surface area contributed by atoms with Crippen molar-refractivity contribution in [1.29, 1.82) is 0 Å². The molecule has 3 heteroatoms. The van der Waals surface area contributed by atoms with Gasteiger partial charge in [0.2, 0.25) is 5.91 Å². The molecule has 0 aromatic heterocycles. The maximum atomic E-state index is 11.7. The second-order valence-corrected chi connectivity index (χ2v) is 6.76. The van der Waals surface area contributed by atoms with Gasteiger partial charge in [-0.15, -0.1) is 0 Å². The summed E-state index contributed by atoms with van der Waals surface area (Å²) in [5.41, 5.74) is 0. The molecule has 0 aromatic carbocycles. The lowest BCUT2D eigenvalue weighted by molar-refractivity contribution is -0.123. The van der Waals surface area contributed by atoms with Crippen LogP contribution in [-0.4, -0.2) is 16.3 Å². The number of halogens is 1. The highest BCUT2D eigenvalue weighted by atomic mass is 79.9. The molecule has 0 aromatic rings. The highest BCUT2D eigenvalue weighted by Gasteiger charge is 2.28. The van der Waals surface area contributed by atoms with Crippen LogP contribution in [0.15, 0.2) is 0 Å². The van der Waals surface area contributed by atoms with E-state index in [-0.39, 0.29) is 5.91 Å². The number of amides is 1.